The fourth-order valence-corrected chi connectivity index (χ4v) is 2.73. The number of carbonyl (C=O) groups is 3. The van der Waals surface area contributed by atoms with Gasteiger partial charge in [-0.1, -0.05) is 36.4 Å². The molecule has 0 bridgehead atoms. The normalized spacial score (nSPS) is 11.5. The monoisotopic (exact) mass is 471 g/mol. The molecule has 2 rings (SSSR count). The lowest BCUT2D eigenvalue weighted by Crippen LogP contribution is -2.38. The molecule has 0 aliphatic heterocycles. The van der Waals surface area contributed by atoms with Gasteiger partial charge in [0.05, 0.1) is 23.2 Å². The molecule has 0 aromatic heterocycles. The highest BCUT2D eigenvalue weighted by molar-refractivity contribution is 5.89. The summed E-state index contributed by atoms with van der Waals surface area (Å²) in [5.41, 5.74) is -0.372. The molecule has 0 aliphatic rings. The Morgan fingerprint density at radius 1 is 0.971 bits per heavy atom. The van der Waals surface area contributed by atoms with E-state index < -0.39 is 23.0 Å². The predicted molar refractivity (Wildman–Crippen MR) is 127 cm³/mol. The maximum Gasteiger partial charge on any atom is 0.338 e. The van der Waals surface area contributed by atoms with Crippen LogP contribution in [0.4, 0.5) is 0 Å². The van der Waals surface area contributed by atoms with E-state index >= 15 is 0 Å². The van der Waals surface area contributed by atoms with Gasteiger partial charge in [-0.15, -0.1) is 0 Å². The molecular formula is C26H33NO7. The van der Waals surface area contributed by atoms with Crippen molar-refractivity contribution in [1.29, 1.82) is 0 Å². The Hall–Kier alpha value is -3.39. The van der Waals surface area contributed by atoms with Crippen LogP contribution in [0.5, 0.6) is 5.75 Å². The van der Waals surface area contributed by atoms with Gasteiger partial charge >= 0.3 is 11.9 Å². The maximum atomic E-state index is 12.3. The number of benzene rings is 2. The Morgan fingerprint density at radius 3 is 2.35 bits per heavy atom. The maximum absolute atomic E-state index is 12.3. The molecule has 0 heterocycles. The highest BCUT2D eigenvalue weighted by atomic mass is 16.5. The third-order valence-electron chi connectivity index (χ3n) is 5.10. The van der Waals surface area contributed by atoms with Gasteiger partial charge in [0.2, 0.25) is 0 Å². The van der Waals surface area contributed by atoms with Crippen molar-refractivity contribution in [3.8, 4) is 5.75 Å². The summed E-state index contributed by atoms with van der Waals surface area (Å²) in [4.78, 5) is 35.6. The molecular weight excluding hydrogens is 438 g/mol. The number of carbonyl (C=O) groups excluding carboxylic acids is 2. The van der Waals surface area contributed by atoms with Crippen LogP contribution in [0.3, 0.4) is 0 Å². The van der Waals surface area contributed by atoms with E-state index in [2.05, 4.69) is 5.32 Å². The molecule has 2 N–H and O–H groups in total. The SMILES string of the molecule is CC(C)(CCNC(=O)COc1cccc(C(=O)OCc2ccccc2)c1)OCC(C)(C)C(=O)O. The van der Waals surface area contributed by atoms with Gasteiger partial charge in [-0.2, -0.15) is 0 Å². The summed E-state index contributed by atoms with van der Waals surface area (Å²) in [6.07, 6.45) is 0.497. The zero-order valence-corrected chi connectivity index (χ0v) is 20.1. The van der Waals surface area contributed by atoms with Crippen molar-refractivity contribution in [3.63, 3.8) is 0 Å². The molecule has 0 atom stereocenters. The molecule has 0 unspecified atom stereocenters. The second-order valence-corrected chi connectivity index (χ2v) is 9.22. The van der Waals surface area contributed by atoms with E-state index in [4.69, 9.17) is 14.2 Å². The minimum atomic E-state index is -0.989. The number of esters is 1. The minimum absolute atomic E-state index is 0.0660. The summed E-state index contributed by atoms with van der Waals surface area (Å²) in [7, 11) is 0. The number of ether oxygens (including phenoxy) is 3. The summed E-state index contributed by atoms with van der Waals surface area (Å²) >= 11 is 0. The van der Waals surface area contributed by atoms with Gasteiger partial charge in [0.15, 0.2) is 6.61 Å². The summed E-state index contributed by atoms with van der Waals surface area (Å²) < 4.78 is 16.6. The molecule has 34 heavy (non-hydrogen) atoms. The molecule has 2 aromatic rings. The minimum Gasteiger partial charge on any atom is -0.484 e. The Kier molecular flexibility index (Phi) is 9.62. The largest absolute Gasteiger partial charge is 0.484 e. The van der Waals surface area contributed by atoms with Gasteiger partial charge in [0.1, 0.15) is 12.4 Å². The lowest BCUT2D eigenvalue weighted by molar-refractivity contribution is -0.154. The average molecular weight is 472 g/mol. The Labute approximate surface area is 200 Å². The number of hydrogen-bond donors (Lipinski definition) is 2. The van der Waals surface area contributed by atoms with E-state index in [1.165, 1.54) is 6.07 Å². The number of nitrogens with one attached hydrogen (secondary N) is 1. The van der Waals surface area contributed by atoms with Gasteiger partial charge in [-0.25, -0.2) is 4.79 Å². The van der Waals surface area contributed by atoms with Gasteiger partial charge in [0, 0.05) is 6.54 Å². The second kappa shape index (κ2) is 12.2. The van der Waals surface area contributed by atoms with Gasteiger partial charge < -0.3 is 24.6 Å². The number of rotatable bonds is 13. The van der Waals surface area contributed by atoms with E-state index in [0.29, 0.717) is 24.3 Å². The van der Waals surface area contributed by atoms with E-state index in [-0.39, 0.29) is 25.7 Å². The van der Waals surface area contributed by atoms with Gasteiger partial charge in [-0.05, 0) is 57.9 Å². The van der Waals surface area contributed by atoms with Crippen LogP contribution in [-0.4, -0.2) is 48.3 Å². The van der Waals surface area contributed by atoms with Crippen LogP contribution >= 0.6 is 0 Å². The zero-order valence-electron chi connectivity index (χ0n) is 20.1. The van der Waals surface area contributed by atoms with Crippen LogP contribution < -0.4 is 10.1 Å². The van der Waals surface area contributed by atoms with Crippen LogP contribution in [0.25, 0.3) is 0 Å². The van der Waals surface area contributed by atoms with E-state index in [0.717, 1.165) is 5.56 Å². The molecule has 8 nitrogen and oxygen atoms in total. The van der Waals surface area contributed by atoms with Crippen LogP contribution in [0.15, 0.2) is 54.6 Å². The first kappa shape index (κ1) is 26.9. The number of carboxylic acid groups (broad SMARTS) is 1. The van der Waals surface area contributed by atoms with Crippen molar-refractivity contribution in [2.24, 2.45) is 5.41 Å². The van der Waals surface area contributed by atoms with Crippen molar-refractivity contribution in [3.05, 3.63) is 65.7 Å². The first-order valence-corrected chi connectivity index (χ1v) is 11.1. The number of carboxylic acids is 1. The fourth-order valence-electron chi connectivity index (χ4n) is 2.73. The number of hydrogen-bond acceptors (Lipinski definition) is 6. The first-order valence-electron chi connectivity index (χ1n) is 11.1. The standard InChI is InChI=1S/C26H33NO7/c1-25(2,24(30)31)18-34-26(3,4)13-14-27-22(28)17-32-21-12-8-11-20(15-21)23(29)33-16-19-9-6-5-7-10-19/h5-12,15H,13-14,16-18H2,1-4H3,(H,27,28)(H,30,31). The summed E-state index contributed by atoms with van der Waals surface area (Å²) in [6, 6.07) is 15.8. The number of amides is 1. The number of aliphatic carboxylic acids is 1. The van der Waals surface area contributed by atoms with Crippen LogP contribution in [-0.2, 0) is 25.7 Å². The van der Waals surface area contributed by atoms with E-state index in [1.807, 2.05) is 44.2 Å². The van der Waals surface area contributed by atoms with Crippen LogP contribution in [0.2, 0.25) is 0 Å². The third-order valence-corrected chi connectivity index (χ3v) is 5.10. The smallest absolute Gasteiger partial charge is 0.338 e. The van der Waals surface area contributed by atoms with Gasteiger partial charge in [-0.3, -0.25) is 9.59 Å². The van der Waals surface area contributed by atoms with Crippen molar-refractivity contribution in [1.82, 2.24) is 5.32 Å². The van der Waals surface area contributed by atoms with Crippen LogP contribution in [0, 0.1) is 5.41 Å². The highest BCUT2D eigenvalue weighted by Crippen LogP contribution is 2.22. The second-order valence-electron chi connectivity index (χ2n) is 9.22. The summed E-state index contributed by atoms with van der Waals surface area (Å²) in [6.45, 7) is 7.25. The quantitative estimate of drug-likeness (QED) is 0.427. The molecule has 0 saturated heterocycles. The molecule has 2 aromatic carbocycles. The first-order chi connectivity index (χ1) is 16.0. The van der Waals surface area contributed by atoms with Crippen molar-refractivity contribution in [2.45, 2.75) is 46.3 Å². The lowest BCUT2D eigenvalue weighted by atomic mass is 9.94. The van der Waals surface area contributed by atoms with Crippen molar-refractivity contribution in [2.75, 3.05) is 19.8 Å². The lowest BCUT2D eigenvalue weighted by Gasteiger charge is -2.29. The predicted octanol–water partition coefficient (Wildman–Crippen LogP) is 3.83. The topological polar surface area (TPSA) is 111 Å². The van der Waals surface area contributed by atoms with Gasteiger partial charge in [0.25, 0.3) is 5.91 Å². The Balaban J connectivity index is 1.74. The highest BCUT2D eigenvalue weighted by Gasteiger charge is 2.30. The third kappa shape index (κ3) is 9.23. The van der Waals surface area contributed by atoms with Crippen LogP contribution in [0.1, 0.15) is 50.0 Å². The zero-order chi connectivity index (χ0) is 25.2. The van der Waals surface area contributed by atoms with E-state index in [9.17, 15) is 19.5 Å². The Bertz CT molecular complexity index is 970. The fraction of sp³-hybridized carbons (Fsp3) is 0.423. The summed E-state index contributed by atoms with van der Waals surface area (Å²) in [5, 5.41) is 11.9. The molecule has 0 aliphatic carbocycles. The molecule has 0 saturated carbocycles. The molecule has 0 radical (unpaired) electrons. The molecule has 184 valence electrons. The molecule has 1 amide bonds. The summed E-state index contributed by atoms with van der Waals surface area (Å²) in [5.74, 6) is -1.35. The molecule has 0 fully saturated rings. The molecule has 0 spiro atoms. The van der Waals surface area contributed by atoms with E-state index in [1.54, 1.807) is 32.0 Å². The van der Waals surface area contributed by atoms with Crippen molar-refractivity contribution < 1.29 is 33.7 Å². The Morgan fingerprint density at radius 2 is 1.68 bits per heavy atom. The average Bonchev–Trinajstić information content (AvgIpc) is 2.81. The van der Waals surface area contributed by atoms with Crippen molar-refractivity contribution >= 4 is 17.8 Å². The molecule has 8 heteroatoms.